The SMILES string of the molecule is C=Cc1ccc2c(c1)NC(=O)C2C=Nc1ccc(N2CCOCC2)cc1. The number of hydrogen-bond acceptors (Lipinski definition) is 4. The fraction of sp³-hybridized carbons (Fsp3) is 0.238. The van der Waals surface area contributed by atoms with Crippen LogP contribution in [0.15, 0.2) is 54.0 Å². The van der Waals surface area contributed by atoms with Gasteiger partial charge in [-0.15, -0.1) is 0 Å². The third-order valence-corrected chi connectivity index (χ3v) is 4.79. The Morgan fingerprint density at radius 3 is 2.65 bits per heavy atom. The van der Waals surface area contributed by atoms with Crippen molar-refractivity contribution in [1.29, 1.82) is 0 Å². The van der Waals surface area contributed by atoms with Crippen LogP contribution in [0.25, 0.3) is 6.08 Å². The Hall–Kier alpha value is -2.92. The molecule has 2 aromatic rings. The van der Waals surface area contributed by atoms with E-state index in [0.29, 0.717) is 0 Å². The van der Waals surface area contributed by atoms with Crippen molar-refractivity contribution in [3.8, 4) is 0 Å². The van der Waals surface area contributed by atoms with Gasteiger partial charge in [-0.1, -0.05) is 24.8 Å². The van der Waals surface area contributed by atoms with E-state index in [0.717, 1.165) is 48.8 Å². The second-order valence-corrected chi connectivity index (χ2v) is 6.41. The highest BCUT2D eigenvalue weighted by Gasteiger charge is 2.29. The van der Waals surface area contributed by atoms with Gasteiger partial charge in [0.05, 0.1) is 18.9 Å². The maximum Gasteiger partial charge on any atom is 0.237 e. The molecule has 5 heteroatoms. The molecule has 0 aromatic heterocycles. The first-order valence-corrected chi connectivity index (χ1v) is 8.79. The lowest BCUT2D eigenvalue weighted by molar-refractivity contribution is -0.115. The molecule has 1 N–H and O–H groups in total. The zero-order valence-corrected chi connectivity index (χ0v) is 14.5. The molecule has 132 valence electrons. The molecule has 2 heterocycles. The lowest BCUT2D eigenvalue weighted by atomic mass is 10.0. The number of ether oxygens (including phenoxy) is 1. The first-order valence-electron chi connectivity index (χ1n) is 8.79. The van der Waals surface area contributed by atoms with Crippen LogP contribution in [0.4, 0.5) is 17.1 Å². The van der Waals surface area contributed by atoms with Crippen LogP contribution in [0.3, 0.4) is 0 Å². The average Bonchev–Trinajstić information content (AvgIpc) is 3.01. The summed E-state index contributed by atoms with van der Waals surface area (Å²) in [6.45, 7) is 7.12. The molecule has 0 aliphatic carbocycles. The highest BCUT2D eigenvalue weighted by atomic mass is 16.5. The van der Waals surface area contributed by atoms with Crippen molar-refractivity contribution in [2.45, 2.75) is 5.92 Å². The van der Waals surface area contributed by atoms with E-state index in [1.807, 2.05) is 30.3 Å². The molecule has 4 rings (SSSR count). The number of rotatable bonds is 4. The van der Waals surface area contributed by atoms with Crippen LogP contribution in [0.1, 0.15) is 17.0 Å². The molecule has 0 bridgehead atoms. The number of aliphatic imine (C=N–C) groups is 1. The molecule has 2 aliphatic heterocycles. The minimum absolute atomic E-state index is 0.0464. The van der Waals surface area contributed by atoms with Crippen molar-refractivity contribution in [3.05, 3.63) is 60.2 Å². The summed E-state index contributed by atoms with van der Waals surface area (Å²) in [6.07, 6.45) is 3.49. The topological polar surface area (TPSA) is 53.9 Å². The number of morpholine rings is 1. The van der Waals surface area contributed by atoms with E-state index in [2.05, 4.69) is 33.9 Å². The van der Waals surface area contributed by atoms with Crippen molar-refractivity contribution < 1.29 is 9.53 Å². The summed E-state index contributed by atoms with van der Waals surface area (Å²) in [5, 5.41) is 2.91. The van der Waals surface area contributed by atoms with E-state index < -0.39 is 0 Å². The van der Waals surface area contributed by atoms with Gasteiger partial charge in [0.1, 0.15) is 5.92 Å². The van der Waals surface area contributed by atoms with Gasteiger partial charge in [-0.2, -0.15) is 0 Å². The van der Waals surface area contributed by atoms with Gasteiger partial charge in [0.15, 0.2) is 0 Å². The van der Waals surface area contributed by atoms with Gasteiger partial charge in [0.2, 0.25) is 5.91 Å². The molecule has 2 aliphatic rings. The second-order valence-electron chi connectivity index (χ2n) is 6.41. The second kappa shape index (κ2) is 7.14. The summed E-state index contributed by atoms with van der Waals surface area (Å²) >= 11 is 0. The van der Waals surface area contributed by atoms with Crippen LogP contribution < -0.4 is 10.2 Å². The number of carbonyl (C=O) groups is 1. The summed E-state index contributed by atoms with van der Waals surface area (Å²) in [5.41, 5.74) is 4.79. The Kier molecular flexibility index (Phi) is 4.54. The summed E-state index contributed by atoms with van der Waals surface area (Å²) < 4.78 is 5.39. The predicted molar refractivity (Wildman–Crippen MR) is 106 cm³/mol. The third-order valence-electron chi connectivity index (χ3n) is 4.79. The van der Waals surface area contributed by atoms with Gasteiger partial charge >= 0.3 is 0 Å². The molecule has 1 unspecified atom stereocenters. The molecule has 1 atom stereocenters. The quantitative estimate of drug-likeness (QED) is 0.860. The first-order chi connectivity index (χ1) is 12.7. The number of nitrogens with zero attached hydrogens (tertiary/aromatic N) is 2. The zero-order chi connectivity index (χ0) is 17.9. The Morgan fingerprint density at radius 1 is 1.15 bits per heavy atom. The van der Waals surface area contributed by atoms with E-state index >= 15 is 0 Å². The maximum atomic E-state index is 12.3. The molecule has 0 spiro atoms. The van der Waals surface area contributed by atoms with Crippen LogP contribution in [0.5, 0.6) is 0 Å². The number of anilines is 2. The predicted octanol–water partition coefficient (Wildman–Crippen LogP) is 3.60. The van der Waals surface area contributed by atoms with Gasteiger partial charge in [-0.25, -0.2) is 0 Å². The standard InChI is InChI=1S/C21H21N3O2/c1-2-15-3-8-18-19(21(25)23-20(18)13-15)14-22-16-4-6-17(7-5-16)24-9-11-26-12-10-24/h2-8,13-14,19H,1,9-12H2,(H,23,25). The molecular weight excluding hydrogens is 326 g/mol. The maximum absolute atomic E-state index is 12.3. The Balaban J connectivity index is 1.50. The van der Waals surface area contributed by atoms with Crippen molar-refractivity contribution in [1.82, 2.24) is 0 Å². The van der Waals surface area contributed by atoms with Gasteiger partial charge in [0.25, 0.3) is 0 Å². The Labute approximate surface area is 153 Å². The summed E-state index contributed by atoms with van der Waals surface area (Å²) in [7, 11) is 0. The average molecular weight is 347 g/mol. The molecule has 1 fully saturated rings. The van der Waals surface area contributed by atoms with Crippen molar-refractivity contribution >= 4 is 35.3 Å². The van der Waals surface area contributed by atoms with Crippen LogP contribution in [0.2, 0.25) is 0 Å². The van der Waals surface area contributed by atoms with E-state index in [1.165, 1.54) is 5.69 Å². The summed E-state index contributed by atoms with van der Waals surface area (Å²) in [4.78, 5) is 19.1. The van der Waals surface area contributed by atoms with Crippen LogP contribution in [-0.4, -0.2) is 38.4 Å². The van der Waals surface area contributed by atoms with Crippen molar-refractivity contribution in [2.24, 2.45) is 4.99 Å². The van der Waals surface area contributed by atoms with Gasteiger partial charge in [-0.3, -0.25) is 9.79 Å². The summed E-state index contributed by atoms with van der Waals surface area (Å²) in [5.74, 6) is -0.405. The summed E-state index contributed by atoms with van der Waals surface area (Å²) in [6, 6.07) is 14.0. The fourth-order valence-corrected chi connectivity index (χ4v) is 3.31. The molecule has 2 aromatic carbocycles. The number of benzene rings is 2. The number of hydrogen-bond donors (Lipinski definition) is 1. The number of amides is 1. The lowest BCUT2D eigenvalue weighted by Crippen LogP contribution is -2.36. The minimum atomic E-state index is -0.359. The lowest BCUT2D eigenvalue weighted by Gasteiger charge is -2.28. The largest absolute Gasteiger partial charge is 0.378 e. The minimum Gasteiger partial charge on any atom is -0.378 e. The van der Waals surface area contributed by atoms with Crippen LogP contribution in [0, 0.1) is 0 Å². The molecule has 0 saturated carbocycles. The van der Waals surface area contributed by atoms with Gasteiger partial charge in [-0.05, 0) is 41.5 Å². The molecule has 0 radical (unpaired) electrons. The molecule has 5 nitrogen and oxygen atoms in total. The highest BCUT2D eigenvalue weighted by molar-refractivity contribution is 6.12. The normalized spacial score (nSPS) is 19.5. The molecule has 1 saturated heterocycles. The molecule has 1 amide bonds. The Bertz CT molecular complexity index is 852. The van der Waals surface area contributed by atoms with Gasteiger partial charge in [0, 0.05) is 30.7 Å². The Morgan fingerprint density at radius 2 is 1.92 bits per heavy atom. The number of nitrogens with one attached hydrogen (secondary N) is 1. The highest BCUT2D eigenvalue weighted by Crippen LogP contribution is 2.33. The monoisotopic (exact) mass is 347 g/mol. The van der Waals surface area contributed by atoms with Crippen molar-refractivity contribution in [2.75, 3.05) is 36.5 Å². The fourth-order valence-electron chi connectivity index (χ4n) is 3.31. The molecule has 26 heavy (non-hydrogen) atoms. The van der Waals surface area contributed by atoms with E-state index in [1.54, 1.807) is 12.3 Å². The van der Waals surface area contributed by atoms with E-state index in [-0.39, 0.29) is 11.8 Å². The number of carbonyl (C=O) groups excluding carboxylic acids is 1. The van der Waals surface area contributed by atoms with E-state index in [4.69, 9.17) is 4.74 Å². The third kappa shape index (κ3) is 3.26. The van der Waals surface area contributed by atoms with E-state index in [9.17, 15) is 4.79 Å². The van der Waals surface area contributed by atoms with Gasteiger partial charge < -0.3 is 15.0 Å². The van der Waals surface area contributed by atoms with Crippen molar-refractivity contribution in [3.63, 3.8) is 0 Å². The van der Waals surface area contributed by atoms with Crippen LogP contribution in [-0.2, 0) is 9.53 Å². The van der Waals surface area contributed by atoms with Crippen LogP contribution >= 0.6 is 0 Å². The zero-order valence-electron chi connectivity index (χ0n) is 14.5. The number of fused-ring (bicyclic) bond motifs is 1. The first kappa shape index (κ1) is 16.5. The molecular formula is C21H21N3O2. The smallest absolute Gasteiger partial charge is 0.237 e.